The molecule has 1 aliphatic rings. The van der Waals surface area contributed by atoms with Crippen molar-refractivity contribution < 1.29 is 14.3 Å². The van der Waals surface area contributed by atoms with Gasteiger partial charge < -0.3 is 4.74 Å². The molecule has 0 aliphatic carbocycles. The first kappa shape index (κ1) is 20.8. The Morgan fingerprint density at radius 2 is 1.90 bits per heavy atom. The van der Waals surface area contributed by atoms with E-state index in [0.717, 1.165) is 28.8 Å². The predicted octanol–water partition coefficient (Wildman–Crippen LogP) is 4.16. The van der Waals surface area contributed by atoms with Gasteiger partial charge in [0.15, 0.2) is 0 Å². The van der Waals surface area contributed by atoms with Gasteiger partial charge in [0.25, 0.3) is 5.91 Å². The third kappa shape index (κ3) is 4.39. The van der Waals surface area contributed by atoms with Gasteiger partial charge in [-0.1, -0.05) is 62.2 Å². The Kier molecular flexibility index (Phi) is 6.47. The van der Waals surface area contributed by atoms with Crippen LogP contribution in [0.2, 0.25) is 0 Å². The normalized spacial score (nSPS) is 17.2. The second-order valence-electron chi connectivity index (χ2n) is 7.42. The SMILES string of the molecule is CCOC(=O)CN1C(=O)C(C(C)CC)N=C(c2ccccc2)c2cc(C)ccc21. The van der Waals surface area contributed by atoms with Crippen LogP contribution in [0.4, 0.5) is 5.69 Å². The number of amides is 1. The average molecular weight is 392 g/mol. The van der Waals surface area contributed by atoms with Gasteiger partial charge >= 0.3 is 5.97 Å². The van der Waals surface area contributed by atoms with Crippen molar-refractivity contribution in [2.45, 2.75) is 40.2 Å². The molecular formula is C24H28N2O3. The number of anilines is 1. The molecule has 2 aromatic rings. The summed E-state index contributed by atoms with van der Waals surface area (Å²) in [6.07, 6.45) is 0.810. The Hall–Kier alpha value is -2.95. The van der Waals surface area contributed by atoms with Crippen LogP contribution in [0.15, 0.2) is 53.5 Å². The number of aryl methyl sites for hydroxylation is 1. The van der Waals surface area contributed by atoms with Crippen LogP contribution in [0.3, 0.4) is 0 Å². The highest BCUT2D eigenvalue weighted by Gasteiger charge is 2.35. The molecule has 0 radical (unpaired) electrons. The van der Waals surface area contributed by atoms with Crippen molar-refractivity contribution in [2.75, 3.05) is 18.1 Å². The topological polar surface area (TPSA) is 59.0 Å². The molecule has 29 heavy (non-hydrogen) atoms. The Balaban J connectivity index is 2.21. The number of esters is 1. The minimum Gasteiger partial charge on any atom is -0.465 e. The van der Waals surface area contributed by atoms with Crippen LogP contribution in [0.5, 0.6) is 0 Å². The monoisotopic (exact) mass is 392 g/mol. The van der Waals surface area contributed by atoms with Crippen molar-refractivity contribution in [1.29, 1.82) is 0 Å². The average Bonchev–Trinajstić information content (AvgIpc) is 2.83. The van der Waals surface area contributed by atoms with Crippen molar-refractivity contribution >= 4 is 23.3 Å². The standard InChI is InChI=1S/C24H28N2O3/c1-5-17(4)22-24(28)26(15-21(27)29-6-2)20-13-12-16(3)14-19(20)23(25-22)18-10-8-7-9-11-18/h7-14,17,22H,5-6,15H2,1-4H3. The Labute approximate surface area is 172 Å². The summed E-state index contributed by atoms with van der Waals surface area (Å²) >= 11 is 0. The molecule has 1 heterocycles. The van der Waals surface area contributed by atoms with E-state index in [0.29, 0.717) is 5.69 Å². The molecule has 2 atom stereocenters. The van der Waals surface area contributed by atoms with Crippen LogP contribution in [-0.4, -0.2) is 36.8 Å². The first-order valence-electron chi connectivity index (χ1n) is 10.2. The summed E-state index contributed by atoms with van der Waals surface area (Å²) in [4.78, 5) is 32.3. The minimum absolute atomic E-state index is 0.0429. The molecule has 152 valence electrons. The lowest BCUT2D eigenvalue weighted by atomic mass is 9.97. The zero-order valence-corrected chi connectivity index (χ0v) is 17.5. The summed E-state index contributed by atoms with van der Waals surface area (Å²) in [5.74, 6) is -0.539. The molecule has 5 nitrogen and oxygen atoms in total. The van der Waals surface area contributed by atoms with Gasteiger partial charge in [-0.15, -0.1) is 0 Å². The summed E-state index contributed by atoms with van der Waals surface area (Å²) in [7, 11) is 0. The van der Waals surface area contributed by atoms with Gasteiger partial charge in [-0.25, -0.2) is 0 Å². The Morgan fingerprint density at radius 1 is 1.17 bits per heavy atom. The first-order chi connectivity index (χ1) is 14.0. The van der Waals surface area contributed by atoms with Crippen molar-refractivity contribution in [3.8, 4) is 0 Å². The van der Waals surface area contributed by atoms with E-state index in [1.54, 1.807) is 11.8 Å². The van der Waals surface area contributed by atoms with E-state index >= 15 is 0 Å². The number of aliphatic imine (C=N–C) groups is 1. The smallest absolute Gasteiger partial charge is 0.326 e. The summed E-state index contributed by atoms with van der Waals surface area (Å²) < 4.78 is 5.14. The fraction of sp³-hybridized carbons (Fsp3) is 0.375. The van der Waals surface area contributed by atoms with Crippen molar-refractivity contribution in [2.24, 2.45) is 10.9 Å². The number of benzodiazepines with no additional fused rings is 1. The van der Waals surface area contributed by atoms with E-state index in [4.69, 9.17) is 9.73 Å². The Morgan fingerprint density at radius 3 is 2.55 bits per heavy atom. The summed E-state index contributed by atoms with van der Waals surface area (Å²) in [6, 6.07) is 15.2. The van der Waals surface area contributed by atoms with Crippen LogP contribution >= 0.6 is 0 Å². The molecule has 1 amide bonds. The number of hydrogen-bond acceptors (Lipinski definition) is 4. The van der Waals surface area contributed by atoms with E-state index in [1.165, 1.54) is 0 Å². The summed E-state index contributed by atoms with van der Waals surface area (Å²) in [5, 5.41) is 0. The molecule has 2 aromatic carbocycles. The highest BCUT2D eigenvalue weighted by molar-refractivity contribution is 6.20. The maximum Gasteiger partial charge on any atom is 0.326 e. The lowest BCUT2D eigenvalue weighted by molar-refractivity contribution is -0.142. The van der Waals surface area contributed by atoms with Crippen LogP contribution in [-0.2, 0) is 14.3 Å². The van der Waals surface area contributed by atoms with Crippen molar-refractivity contribution in [1.82, 2.24) is 0 Å². The van der Waals surface area contributed by atoms with E-state index in [2.05, 4.69) is 0 Å². The Bertz CT molecular complexity index is 921. The molecule has 0 spiro atoms. The lowest BCUT2D eigenvalue weighted by Gasteiger charge is -2.26. The lowest BCUT2D eigenvalue weighted by Crippen LogP contribution is -2.43. The number of benzene rings is 2. The van der Waals surface area contributed by atoms with Crippen LogP contribution in [0.25, 0.3) is 0 Å². The molecule has 2 unspecified atom stereocenters. The van der Waals surface area contributed by atoms with Crippen LogP contribution in [0.1, 0.15) is 43.9 Å². The second-order valence-corrected chi connectivity index (χ2v) is 7.42. The van der Waals surface area contributed by atoms with Gasteiger partial charge in [0.1, 0.15) is 12.6 Å². The molecule has 0 saturated heterocycles. The third-order valence-corrected chi connectivity index (χ3v) is 5.31. The molecule has 1 aliphatic heterocycles. The third-order valence-electron chi connectivity index (χ3n) is 5.31. The predicted molar refractivity (Wildman–Crippen MR) is 115 cm³/mol. The molecule has 0 bridgehead atoms. The van der Waals surface area contributed by atoms with Crippen LogP contribution < -0.4 is 4.90 Å². The van der Waals surface area contributed by atoms with Gasteiger partial charge in [-0.3, -0.25) is 19.5 Å². The minimum atomic E-state index is -0.558. The number of rotatable bonds is 6. The number of carbonyl (C=O) groups excluding carboxylic acids is 2. The van der Waals surface area contributed by atoms with Crippen molar-refractivity contribution in [3.63, 3.8) is 0 Å². The second kappa shape index (κ2) is 9.03. The molecule has 0 fully saturated rings. The van der Waals surface area contributed by atoms with Crippen molar-refractivity contribution in [3.05, 3.63) is 65.2 Å². The molecule has 0 saturated carbocycles. The highest BCUT2D eigenvalue weighted by Crippen LogP contribution is 2.31. The number of nitrogens with zero attached hydrogens (tertiary/aromatic N) is 2. The maximum absolute atomic E-state index is 13.5. The number of carbonyl (C=O) groups is 2. The first-order valence-corrected chi connectivity index (χ1v) is 10.2. The van der Waals surface area contributed by atoms with Gasteiger partial charge in [-0.05, 0) is 31.9 Å². The van der Waals surface area contributed by atoms with Gasteiger partial charge in [-0.2, -0.15) is 0 Å². The highest BCUT2D eigenvalue weighted by atomic mass is 16.5. The molecule has 3 rings (SSSR count). The molecule has 0 aromatic heterocycles. The number of ether oxygens (including phenoxy) is 1. The summed E-state index contributed by atoms with van der Waals surface area (Å²) in [6.45, 7) is 8.01. The van der Waals surface area contributed by atoms with Crippen LogP contribution in [0, 0.1) is 12.8 Å². The van der Waals surface area contributed by atoms with E-state index in [1.807, 2.05) is 69.3 Å². The number of fused-ring (bicyclic) bond motifs is 1. The van der Waals surface area contributed by atoms with Gasteiger partial charge in [0, 0.05) is 11.1 Å². The fourth-order valence-corrected chi connectivity index (χ4v) is 3.54. The molecular weight excluding hydrogens is 364 g/mol. The van der Waals surface area contributed by atoms with E-state index in [-0.39, 0.29) is 25.0 Å². The number of hydrogen-bond donors (Lipinski definition) is 0. The quantitative estimate of drug-likeness (QED) is 0.694. The summed E-state index contributed by atoms with van der Waals surface area (Å²) in [5.41, 5.74) is 4.37. The zero-order chi connectivity index (χ0) is 21.0. The molecule has 5 heteroatoms. The van der Waals surface area contributed by atoms with E-state index < -0.39 is 12.0 Å². The molecule has 0 N–H and O–H groups in total. The van der Waals surface area contributed by atoms with Gasteiger partial charge in [0.2, 0.25) is 0 Å². The van der Waals surface area contributed by atoms with E-state index in [9.17, 15) is 9.59 Å². The fourth-order valence-electron chi connectivity index (χ4n) is 3.54. The zero-order valence-electron chi connectivity index (χ0n) is 17.5. The largest absolute Gasteiger partial charge is 0.465 e. The van der Waals surface area contributed by atoms with Gasteiger partial charge in [0.05, 0.1) is 18.0 Å². The maximum atomic E-state index is 13.5.